The van der Waals surface area contributed by atoms with Crippen molar-refractivity contribution in [3.8, 4) is 11.5 Å². The maximum absolute atomic E-state index is 13.3. The molecule has 7 nitrogen and oxygen atoms in total. The topological polar surface area (TPSA) is 84.9 Å². The van der Waals surface area contributed by atoms with E-state index >= 15 is 0 Å². The highest BCUT2D eigenvalue weighted by atomic mass is 79.9. The minimum Gasteiger partial charge on any atom is -0.490 e. The number of imide groups is 2. The monoisotopic (exact) mass is 514 g/mol. The van der Waals surface area contributed by atoms with Gasteiger partial charge >= 0.3 is 6.03 Å². The summed E-state index contributed by atoms with van der Waals surface area (Å²) in [5.74, 6) is -0.389. The highest BCUT2D eigenvalue weighted by molar-refractivity contribution is 9.10. The smallest absolute Gasteiger partial charge is 0.335 e. The third-order valence-corrected chi connectivity index (χ3v) is 5.82. The largest absolute Gasteiger partial charge is 0.490 e. The minimum atomic E-state index is -0.779. The first-order valence-corrected chi connectivity index (χ1v) is 11.6. The van der Waals surface area contributed by atoms with Crippen molar-refractivity contribution in [3.63, 3.8) is 0 Å². The molecule has 8 heteroatoms. The average Bonchev–Trinajstić information content (AvgIpc) is 2.73. The molecule has 1 N–H and O–H groups in total. The van der Waals surface area contributed by atoms with Crippen LogP contribution in [0.5, 0.6) is 11.5 Å². The Morgan fingerprint density at radius 2 is 1.70 bits per heavy atom. The van der Waals surface area contributed by atoms with Crippen molar-refractivity contribution in [2.45, 2.75) is 47.1 Å². The van der Waals surface area contributed by atoms with Gasteiger partial charge in [0.1, 0.15) is 5.57 Å². The SMILES string of the molecule is CCOc1cc(/C=C2\C(=O)NC(=O)N(c3cc(C)cc(C)c3)C2=O)c(Br)cc1O[C@@H](C)CC. The van der Waals surface area contributed by atoms with Gasteiger partial charge in [0.15, 0.2) is 11.5 Å². The van der Waals surface area contributed by atoms with Crippen LogP contribution in [0.2, 0.25) is 0 Å². The number of barbiturate groups is 1. The molecule has 4 amide bonds. The van der Waals surface area contributed by atoms with Crippen LogP contribution in [0, 0.1) is 13.8 Å². The summed E-state index contributed by atoms with van der Waals surface area (Å²) < 4.78 is 12.3. The van der Waals surface area contributed by atoms with Crippen LogP contribution >= 0.6 is 15.9 Å². The lowest BCUT2D eigenvalue weighted by atomic mass is 10.0. The van der Waals surface area contributed by atoms with Crippen LogP contribution in [0.15, 0.2) is 40.4 Å². The van der Waals surface area contributed by atoms with Gasteiger partial charge in [0.05, 0.1) is 18.4 Å². The lowest BCUT2D eigenvalue weighted by Crippen LogP contribution is -2.54. The number of nitrogens with zero attached hydrogens (tertiary/aromatic N) is 1. The molecule has 174 valence electrons. The molecule has 0 spiro atoms. The van der Waals surface area contributed by atoms with E-state index in [4.69, 9.17) is 9.47 Å². The summed E-state index contributed by atoms with van der Waals surface area (Å²) in [6.45, 7) is 10.0. The molecule has 3 rings (SSSR count). The van der Waals surface area contributed by atoms with Gasteiger partial charge in [-0.25, -0.2) is 9.69 Å². The fourth-order valence-electron chi connectivity index (χ4n) is 3.45. The van der Waals surface area contributed by atoms with Crippen LogP contribution in [-0.2, 0) is 9.59 Å². The third kappa shape index (κ3) is 5.45. The molecule has 0 radical (unpaired) electrons. The van der Waals surface area contributed by atoms with Crippen molar-refractivity contribution in [1.82, 2.24) is 5.32 Å². The van der Waals surface area contributed by atoms with Crippen molar-refractivity contribution in [2.75, 3.05) is 11.5 Å². The number of carbonyl (C=O) groups excluding carboxylic acids is 3. The number of amides is 4. The Balaban J connectivity index is 2.05. The molecule has 33 heavy (non-hydrogen) atoms. The normalized spacial score (nSPS) is 16.1. The van der Waals surface area contributed by atoms with E-state index in [1.165, 1.54) is 6.08 Å². The van der Waals surface area contributed by atoms with Crippen LogP contribution in [0.1, 0.15) is 43.9 Å². The predicted octanol–water partition coefficient (Wildman–Crippen LogP) is 5.31. The van der Waals surface area contributed by atoms with Crippen LogP contribution in [0.4, 0.5) is 10.5 Å². The Kier molecular flexibility index (Phi) is 7.58. The quantitative estimate of drug-likeness (QED) is 0.399. The number of carbonyl (C=O) groups is 3. The molecule has 0 aromatic heterocycles. The van der Waals surface area contributed by atoms with Crippen LogP contribution in [-0.4, -0.2) is 30.6 Å². The molecular weight excluding hydrogens is 488 g/mol. The second-order valence-electron chi connectivity index (χ2n) is 7.89. The number of urea groups is 1. The molecule has 2 aromatic rings. The Labute approximate surface area is 201 Å². The van der Waals surface area contributed by atoms with Gasteiger partial charge in [-0.1, -0.05) is 28.9 Å². The summed E-state index contributed by atoms with van der Waals surface area (Å²) >= 11 is 3.50. The van der Waals surface area contributed by atoms with E-state index in [2.05, 4.69) is 21.2 Å². The zero-order chi connectivity index (χ0) is 24.3. The number of ether oxygens (including phenoxy) is 2. The second-order valence-corrected chi connectivity index (χ2v) is 8.75. The highest BCUT2D eigenvalue weighted by Crippen LogP contribution is 2.36. The Bertz CT molecular complexity index is 1120. The van der Waals surface area contributed by atoms with E-state index in [1.54, 1.807) is 24.3 Å². The van der Waals surface area contributed by atoms with E-state index in [-0.39, 0.29) is 11.7 Å². The standard InChI is InChI=1S/C25H27BrN2O5/c1-6-16(5)33-22-13-20(26)17(12-21(22)32-7-2)11-19-23(29)27-25(31)28(24(19)30)18-9-14(3)8-15(4)10-18/h8-13,16H,6-7H2,1-5H3,(H,27,29,31)/b19-11+/t16-/m0/s1. The molecule has 0 bridgehead atoms. The highest BCUT2D eigenvalue weighted by Gasteiger charge is 2.37. The first-order chi connectivity index (χ1) is 15.6. The van der Waals surface area contributed by atoms with Gasteiger partial charge in [0.25, 0.3) is 11.8 Å². The van der Waals surface area contributed by atoms with E-state index in [0.717, 1.165) is 22.4 Å². The number of nitrogens with one attached hydrogen (secondary N) is 1. The first kappa shape index (κ1) is 24.5. The molecule has 1 atom stereocenters. The van der Waals surface area contributed by atoms with Gasteiger partial charge in [-0.2, -0.15) is 0 Å². The van der Waals surface area contributed by atoms with Crippen molar-refractivity contribution in [1.29, 1.82) is 0 Å². The number of hydrogen-bond donors (Lipinski definition) is 1. The van der Waals surface area contributed by atoms with Gasteiger partial charge in [-0.3, -0.25) is 14.9 Å². The third-order valence-electron chi connectivity index (χ3n) is 5.13. The van der Waals surface area contributed by atoms with Crippen LogP contribution in [0.25, 0.3) is 6.08 Å². The van der Waals surface area contributed by atoms with Crippen molar-refractivity contribution < 1.29 is 23.9 Å². The first-order valence-electron chi connectivity index (χ1n) is 10.8. The zero-order valence-electron chi connectivity index (χ0n) is 19.3. The Morgan fingerprint density at radius 1 is 1.03 bits per heavy atom. The predicted molar refractivity (Wildman–Crippen MR) is 131 cm³/mol. The van der Waals surface area contributed by atoms with Gasteiger partial charge in [0, 0.05) is 4.47 Å². The number of rotatable bonds is 7. The van der Waals surface area contributed by atoms with Crippen molar-refractivity contribution in [3.05, 3.63) is 57.1 Å². The maximum atomic E-state index is 13.3. The van der Waals surface area contributed by atoms with Gasteiger partial charge in [0.2, 0.25) is 0 Å². The minimum absolute atomic E-state index is 0.0108. The fraction of sp³-hybridized carbons (Fsp3) is 0.320. The Morgan fingerprint density at radius 3 is 2.30 bits per heavy atom. The van der Waals surface area contributed by atoms with Gasteiger partial charge in [-0.15, -0.1) is 0 Å². The summed E-state index contributed by atoms with van der Waals surface area (Å²) in [5, 5.41) is 2.26. The summed E-state index contributed by atoms with van der Waals surface area (Å²) in [4.78, 5) is 39.3. The number of hydrogen-bond acceptors (Lipinski definition) is 5. The van der Waals surface area contributed by atoms with Crippen LogP contribution in [0.3, 0.4) is 0 Å². The number of halogens is 1. The molecular formula is C25H27BrN2O5. The van der Waals surface area contributed by atoms with E-state index in [1.807, 2.05) is 40.7 Å². The lowest BCUT2D eigenvalue weighted by Gasteiger charge is -2.27. The Hall–Kier alpha value is -3.13. The van der Waals surface area contributed by atoms with Crippen molar-refractivity contribution in [2.24, 2.45) is 0 Å². The molecule has 1 saturated heterocycles. The summed E-state index contributed by atoms with van der Waals surface area (Å²) in [7, 11) is 0. The lowest BCUT2D eigenvalue weighted by molar-refractivity contribution is -0.122. The zero-order valence-corrected chi connectivity index (χ0v) is 20.9. The van der Waals surface area contributed by atoms with Gasteiger partial charge < -0.3 is 9.47 Å². The molecule has 1 fully saturated rings. The summed E-state index contributed by atoms with van der Waals surface area (Å²) in [5.41, 5.74) is 2.58. The molecule has 0 unspecified atom stereocenters. The molecule has 2 aromatic carbocycles. The second kappa shape index (κ2) is 10.2. The number of aryl methyl sites for hydroxylation is 2. The van der Waals surface area contributed by atoms with E-state index < -0.39 is 17.8 Å². The number of anilines is 1. The fourth-order valence-corrected chi connectivity index (χ4v) is 3.89. The maximum Gasteiger partial charge on any atom is 0.335 e. The van der Waals surface area contributed by atoms with E-state index in [0.29, 0.717) is 33.8 Å². The van der Waals surface area contributed by atoms with Crippen molar-refractivity contribution >= 4 is 45.5 Å². The molecule has 0 saturated carbocycles. The summed E-state index contributed by atoms with van der Waals surface area (Å²) in [6, 6.07) is 8.06. The molecule has 1 heterocycles. The van der Waals surface area contributed by atoms with E-state index in [9.17, 15) is 14.4 Å². The summed E-state index contributed by atoms with van der Waals surface area (Å²) in [6.07, 6.45) is 2.26. The molecule has 1 aliphatic rings. The number of benzene rings is 2. The average molecular weight is 515 g/mol. The molecule has 0 aliphatic carbocycles. The van der Waals surface area contributed by atoms with Crippen LogP contribution < -0.4 is 19.7 Å². The van der Waals surface area contributed by atoms with Gasteiger partial charge in [-0.05, 0) is 81.1 Å². The molecule has 1 aliphatic heterocycles.